The standard InChI is InChI=1S/C13H16N2/c1-5-10(2)15-11(3)14(4)12-8-6-7-9-13(12)15/h5-9,11H,1-2H2,3-4H3. The molecule has 0 N–H and O–H groups in total. The summed E-state index contributed by atoms with van der Waals surface area (Å²) in [6.45, 7) is 9.96. The van der Waals surface area contributed by atoms with E-state index in [9.17, 15) is 0 Å². The monoisotopic (exact) mass is 200 g/mol. The van der Waals surface area contributed by atoms with Crippen LogP contribution < -0.4 is 9.80 Å². The molecule has 0 amide bonds. The maximum Gasteiger partial charge on any atom is 0.103 e. The van der Waals surface area contributed by atoms with Crippen LogP contribution in [0.2, 0.25) is 0 Å². The van der Waals surface area contributed by atoms with Gasteiger partial charge in [-0.1, -0.05) is 25.3 Å². The molecule has 1 unspecified atom stereocenters. The van der Waals surface area contributed by atoms with E-state index in [1.54, 1.807) is 6.08 Å². The predicted molar refractivity (Wildman–Crippen MR) is 66.1 cm³/mol. The summed E-state index contributed by atoms with van der Waals surface area (Å²) in [5.41, 5.74) is 3.39. The number of benzene rings is 1. The molecule has 1 aliphatic heterocycles. The highest BCUT2D eigenvalue weighted by Gasteiger charge is 2.30. The maximum atomic E-state index is 4.02. The van der Waals surface area contributed by atoms with E-state index in [4.69, 9.17) is 0 Å². The third kappa shape index (κ3) is 1.33. The Bertz CT molecular complexity index is 409. The van der Waals surface area contributed by atoms with Crippen molar-refractivity contribution in [3.8, 4) is 0 Å². The van der Waals surface area contributed by atoms with E-state index in [0.717, 1.165) is 5.70 Å². The van der Waals surface area contributed by atoms with E-state index >= 15 is 0 Å². The summed E-state index contributed by atoms with van der Waals surface area (Å²) < 4.78 is 0. The lowest BCUT2D eigenvalue weighted by molar-refractivity contribution is 0.718. The second-order valence-electron chi connectivity index (χ2n) is 3.80. The largest absolute Gasteiger partial charge is 0.353 e. The number of fused-ring (bicyclic) bond motifs is 1. The van der Waals surface area contributed by atoms with Crippen LogP contribution in [0, 0.1) is 0 Å². The fourth-order valence-electron chi connectivity index (χ4n) is 2.03. The predicted octanol–water partition coefficient (Wildman–Crippen LogP) is 2.99. The molecule has 1 aliphatic rings. The van der Waals surface area contributed by atoms with Crippen LogP contribution in [-0.2, 0) is 0 Å². The normalized spacial score (nSPS) is 18.9. The van der Waals surface area contributed by atoms with Crippen molar-refractivity contribution in [1.29, 1.82) is 0 Å². The molecule has 15 heavy (non-hydrogen) atoms. The van der Waals surface area contributed by atoms with Gasteiger partial charge >= 0.3 is 0 Å². The maximum absolute atomic E-state index is 4.02. The molecule has 2 nitrogen and oxygen atoms in total. The molecule has 0 fully saturated rings. The first-order chi connectivity index (χ1) is 7.16. The number of para-hydroxylation sites is 2. The van der Waals surface area contributed by atoms with E-state index in [0.29, 0.717) is 6.17 Å². The van der Waals surface area contributed by atoms with Crippen LogP contribution in [0.4, 0.5) is 11.4 Å². The molecule has 1 aromatic carbocycles. The van der Waals surface area contributed by atoms with Gasteiger partial charge in [0.15, 0.2) is 0 Å². The van der Waals surface area contributed by atoms with Crippen molar-refractivity contribution < 1.29 is 0 Å². The zero-order valence-corrected chi connectivity index (χ0v) is 9.27. The Morgan fingerprint density at radius 1 is 1.33 bits per heavy atom. The minimum absolute atomic E-state index is 0.299. The minimum atomic E-state index is 0.299. The number of nitrogens with zero attached hydrogens (tertiary/aromatic N) is 2. The third-order valence-electron chi connectivity index (χ3n) is 3.00. The van der Waals surface area contributed by atoms with Gasteiger partial charge in [-0.25, -0.2) is 0 Å². The van der Waals surface area contributed by atoms with Crippen molar-refractivity contribution in [1.82, 2.24) is 0 Å². The number of hydrogen-bond donors (Lipinski definition) is 0. The summed E-state index contributed by atoms with van der Waals surface area (Å²) in [5.74, 6) is 0. The molecule has 0 aromatic heterocycles. The molecule has 78 valence electrons. The van der Waals surface area contributed by atoms with Crippen molar-refractivity contribution >= 4 is 11.4 Å². The van der Waals surface area contributed by atoms with E-state index < -0.39 is 0 Å². The van der Waals surface area contributed by atoms with Crippen molar-refractivity contribution in [3.63, 3.8) is 0 Å². The molecule has 0 aliphatic carbocycles. The van der Waals surface area contributed by atoms with Crippen molar-refractivity contribution in [3.05, 3.63) is 49.2 Å². The highest BCUT2D eigenvalue weighted by molar-refractivity contribution is 5.79. The van der Waals surface area contributed by atoms with Gasteiger partial charge in [0.1, 0.15) is 6.17 Å². The zero-order chi connectivity index (χ0) is 11.0. The molecule has 2 rings (SSSR count). The molecule has 0 saturated carbocycles. The highest BCUT2D eigenvalue weighted by atomic mass is 15.4. The fourth-order valence-corrected chi connectivity index (χ4v) is 2.03. The molecule has 2 heteroatoms. The number of anilines is 2. The molecule has 0 spiro atoms. The van der Waals surface area contributed by atoms with Gasteiger partial charge in [0.25, 0.3) is 0 Å². The van der Waals surface area contributed by atoms with Gasteiger partial charge in [0.2, 0.25) is 0 Å². The summed E-state index contributed by atoms with van der Waals surface area (Å²) in [7, 11) is 2.10. The van der Waals surface area contributed by atoms with Gasteiger partial charge in [-0.15, -0.1) is 0 Å². The van der Waals surface area contributed by atoms with Crippen LogP contribution in [0.1, 0.15) is 6.92 Å². The Labute approximate surface area is 91.1 Å². The molecule has 1 aromatic rings. The van der Waals surface area contributed by atoms with Gasteiger partial charge in [0.05, 0.1) is 11.4 Å². The van der Waals surface area contributed by atoms with Gasteiger partial charge in [-0.05, 0) is 25.1 Å². The number of allylic oxidation sites excluding steroid dienone is 1. The molecular formula is C13H16N2. The average molecular weight is 200 g/mol. The second-order valence-corrected chi connectivity index (χ2v) is 3.80. The fraction of sp³-hybridized carbons (Fsp3) is 0.231. The Morgan fingerprint density at radius 3 is 2.53 bits per heavy atom. The van der Waals surface area contributed by atoms with Gasteiger partial charge in [-0.3, -0.25) is 0 Å². The third-order valence-corrected chi connectivity index (χ3v) is 3.00. The lowest BCUT2D eigenvalue weighted by Gasteiger charge is -2.27. The first-order valence-electron chi connectivity index (χ1n) is 5.09. The van der Waals surface area contributed by atoms with Gasteiger partial charge in [-0.2, -0.15) is 0 Å². The molecular weight excluding hydrogens is 184 g/mol. The topological polar surface area (TPSA) is 6.48 Å². The quantitative estimate of drug-likeness (QED) is 0.677. The van der Waals surface area contributed by atoms with Crippen LogP contribution in [0.5, 0.6) is 0 Å². The van der Waals surface area contributed by atoms with E-state index in [2.05, 4.69) is 55.1 Å². The lowest BCUT2D eigenvalue weighted by atomic mass is 10.2. The van der Waals surface area contributed by atoms with Crippen LogP contribution in [0.25, 0.3) is 0 Å². The summed E-state index contributed by atoms with van der Waals surface area (Å²) in [6, 6.07) is 8.35. The summed E-state index contributed by atoms with van der Waals surface area (Å²) in [4.78, 5) is 4.44. The number of hydrogen-bond acceptors (Lipinski definition) is 2. The van der Waals surface area contributed by atoms with E-state index in [-0.39, 0.29) is 0 Å². The van der Waals surface area contributed by atoms with Crippen molar-refractivity contribution in [2.75, 3.05) is 16.8 Å². The second kappa shape index (κ2) is 3.46. The Morgan fingerprint density at radius 2 is 1.93 bits per heavy atom. The van der Waals surface area contributed by atoms with Gasteiger partial charge < -0.3 is 9.80 Å². The van der Waals surface area contributed by atoms with Crippen molar-refractivity contribution in [2.45, 2.75) is 13.1 Å². The highest BCUT2D eigenvalue weighted by Crippen LogP contribution is 2.40. The Hall–Kier alpha value is -1.70. The summed E-state index contributed by atoms with van der Waals surface area (Å²) in [5, 5.41) is 0. The van der Waals surface area contributed by atoms with E-state index in [1.165, 1.54) is 11.4 Å². The zero-order valence-electron chi connectivity index (χ0n) is 9.27. The Kier molecular flexibility index (Phi) is 2.27. The molecule has 1 atom stereocenters. The molecule has 1 heterocycles. The SMILES string of the molecule is C=CC(=C)N1c2ccccc2N(C)C1C. The molecule has 0 bridgehead atoms. The smallest absolute Gasteiger partial charge is 0.103 e. The van der Waals surface area contributed by atoms with Crippen molar-refractivity contribution in [2.24, 2.45) is 0 Å². The number of rotatable bonds is 2. The van der Waals surface area contributed by atoms with E-state index in [1.807, 2.05) is 6.07 Å². The Balaban J connectivity index is 2.51. The average Bonchev–Trinajstić information content (AvgIpc) is 2.52. The molecule has 0 radical (unpaired) electrons. The van der Waals surface area contributed by atoms with Crippen LogP contribution in [0.15, 0.2) is 49.2 Å². The molecule has 0 saturated heterocycles. The van der Waals surface area contributed by atoms with Crippen LogP contribution in [0.3, 0.4) is 0 Å². The summed E-state index contributed by atoms with van der Waals surface area (Å²) >= 11 is 0. The van der Waals surface area contributed by atoms with Gasteiger partial charge in [0, 0.05) is 12.7 Å². The first-order valence-corrected chi connectivity index (χ1v) is 5.09. The minimum Gasteiger partial charge on any atom is -0.353 e. The lowest BCUT2D eigenvalue weighted by Crippen LogP contribution is -2.37. The van der Waals surface area contributed by atoms with Crippen LogP contribution >= 0.6 is 0 Å². The van der Waals surface area contributed by atoms with Crippen LogP contribution in [-0.4, -0.2) is 13.2 Å². The summed E-state index contributed by atoms with van der Waals surface area (Å²) in [6.07, 6.45) is 2.10. The first kappa shape index (κ1) is 9.84.